The van der Waals surface area contributed by atoms with Gasteiger partial charge in [-0.15, -0.1) is 0 Å². The van der Waals surface area contributed by atoms with Crippen LogP contribution in [0, 0.1) is 6.92 Å². The third-order valence-corrected chi connectivity index (χ3v) is 4.54. The van der Waals surface area contributed by atoms with Crippen molar-refractivity contribution in [1.82, 2.24) is 14.8 Å². The van der Waals surface area contributed by atoms with Gasteiger partial charge in [-0.25, -0.2) is 14.7 Å². The molecule has 0 amide bonds. The summed E-state index contributed by atoms with van der Waals surface area (Å²) in [6.45, 7) is 1.81. The second-order valence-electron chi connectivity index (χ2n) is 4.99. The Balaban J connectivity index is 2.01. The van der Waals surface area contributed by atoms with Crippen molar-refractivity contribution >= 4 is 55.5 Å². The molecule has 0 aliphatic heterocycles. The molecule has 5 nitrogen and oxygen atoms in total. The Labute approximate surface area is 159 Å². The fourth-order valence-corrected chi connectivity index (χ4v) is 3.41. The van der Waals surface area contributed by atoms with Crippen LogP contribution in [0.15, 0.2) is 55.3 Å². The number of rotatable bonds is 3. The molecule has 0 saturated carbocycles. The van der Waals surface area contributed by atoms with Crippen molar-refractivity contribution in [3.05, 3.63) is 72.1 Å². The number of nitrogens with zero attached hydrogens (tertiary/aromatic N) is 3. The van der Waals surface area contributed by atoms with Crippen molar-refractivity contribution in [3.8, 4) is 5.69 Å². The Morgan fingerprint density at radius 2 is 2.12 bits per heavy atom. The molecule has 8 heteroatoms. The first kappa shape index (κ1) is 17.1. The first-order valence-corrected chi connectivity index (χ1v) is 8.85. The zero-order chi connectivity index (χ0) is 17.3. The van der Waals surface area contributed by atoms with E-state index in [2.05, 4.69) is 46.9 Å². The van der Waals surface area contributed by atoms with Crippen LogP contribution in [0.4, 0.5) is 5.82 Å². The molecule has 0 aliphatic carbocycles. The van der Waals surface area contributed by atoms with Crippen molar-refractivity contribution < 1.29 is 0 Å². The summed E-state index contributed by atoms with van der Waals surface area (Å²) in [5, 5.41) is 3.59. The molecule has 0 radical (unpaired) electrons. The van der Waals surface area contributed by atoms with Crippen LogP contribution in [0.3, 0.4) is 0 Å². The van der Waals surface area contributed by atoms with Gasteiger partial charge in [0, 0.05) is 27.6 Å². The molecule has 0 aliphatic rings. The maximum Gasteiger partial charge on any atom is 0.280 e. The highest BCUT2D eigenvalue weighted by Crippen LogP contribution is 2.25. The first-order valence-electron chi connectivity index (χ1n) is 6.88. The van der Waals surface area contributed by atoms with E-state index in [1.807, 2.05) is 13.0 Å². The maximum atomic E-state index is 12.6. The average Bonchev–Trinajstić information content (AvgIpc) is 2.81. The van der Waals surface area contributed by atoms with Crippen LogP contribution in [0.2, 0.25) is 5.02 Å². The molecule has 1 N–H and O–H groups in total. The molecule has 24 heavy (non-hydrogen) atoms. The highest BCUT2D eigenvalue weighted by Gasteiger charge is 2.11. The number of halogens is 3. The Bertz CT molecular complexity index is 994. The van der Waals surface area contributed by atoms with Crippen molar-refractivity contribution in [1.29, 1.82) is 0 Å². The molecule has 2 aromatic heterocycles. The van der Waals surface area contributed by atoms with Crippen LogP contribution < -0.4 is 5.56 Å². The predicted molar refractivity (Wildman–Crippen MR) is 103 cm³/mol. The zero-order valence-corrected chi connectivity index (χ0v) is 16.4. The monoisotopic (exact) mass is 468 g/mol. The number of aliphatic imine (C=N–C) groups is 1. The summed E-state index contributed by atoms with van der Waals surface area (Å²) in [4.78, 5) is 21.1. The van der Waals surface area contributed by atoms with E-state index in [-0.39, 0.29) is 5.56 Å². The number of aromatic amines is 1. The fourth-order valence-electron chi connectivity index (χ4n) is 2.14. The van der Waals surface area contributed by atoms with Gasteiger partial charge in [0.15, 0.2) is 5.82 Å². The summed E-state index contributed by atoms with van der Waals surface area (Å²) in [5.74, 6) is 0.493. The minimum atomic E-state index is -0.202. The van der Waals surface area contributed by atoms with Crippen molar-refractivity contribution in [2.75, 3.05) is 0 Å². The molecule has 2 heterocycles. The van der Waals surface area contributed by atoms with Crippen LogP contribution >= 0.6 is 43.5 Å². The van der Waals surface area contributed by atoms with E-state index in [0.717, 1.165) is 8.95 Å². The second-order valence-corrected chi connectivity index (χ2v) is 7.19. The molecular formula is C16H11Br2ClN4O. The predicted octanol–water partition coefficient (Wildman–Crippen LogP) is 4.80. The molecule has 122 valence electrons. The summed E-state index contributed by atoms with van der Waals surface area (Å²) in [5.41, 5.74) is 1.63. The van der Waals surface area contributed by atoms with Crippen molar-refractivity contribution in [2.24, 2.45) is 4.99 Å². The van der Waals surface area contributed by atoms with Gasteiger partial charge in [-0.3, -0.25) is 9.89 Å². The SMILES string of the molecule is Cc1[nH]n(-c2cccc(Cl)c2)c(=O)c1C=Nc1ncc(Br)cc1Br. The zero-order valence-electron chi connectivity index (χ0n) is 12.4. The normalized spacial score (nSPS) is 11.3. The molecule has 0 atom stereocenters. The molecule has 0 fully saturated rings. The molecule has 0 unspecified atom stereocenters. The van der Waals surface area contributed by atoms with Crippen LogP contribution in [-0.2, 0) is 0 Å². The van der Waals surface area contributed by atoms with Gasteiger partial charge in [0.1, 0.15) is 0 Å². The van der Waals surface area contributed by atoms with Crippen molar-refractivity contribution in [2.45, 2.75) is 6.92 Å². The minimum absolute atomic E-state index is 0.202. The standard InChI is InChI=1S/C16H11Br2ClN4O/c1-9-13(8-21-15-14(18)5-10(17)7-20-15)16(24)23(22-9)12-4-2-3-11(19)6-12/h2-8,22H,1H3. The number of benzene rings is 1. The molecular weight excluding hydrogens is 459 g/mol. The van der Waals surface area contributed by atoms with Crippen LogP contribution in [0.25, 0.3) is 5.69 Å². The Morgan fingerprint density at radius 1 is 1.33 bits per heavy atom. The molecule has 3 rings (SSSR count). The number of hydrogen-bond acceptors (Lipinski definition) is 3. The number of H-pyrrole nitrogens is 1. The number of nitrogens with one attached hydrogen (secondary N) is 1. The highest BCUT2D eigenvalue weighted by atomic mass is 79.9. The molecule has 1 aromatic carbocycles. The average molecular weight is 471 g/mol. The minimum Gasteiger partial charge on any atom is -0.295 e. The third kappa shape index (κ3) is 3.53. The van der Waals surface area contributed by atoms with E-state index in [0.29, 0.717) is 27.8 Å². The van der Waals surface area contributed by atoms with E-state index in [1.54, 1.807) is 30.5 Å². The van der Waals surface area contributed by atoms with Gasteiger partial charge in [-0.2, -0.15) is 0 Å². The van der Waals surface area contributed by atoms with E-state index in [1.165, 1.54) is 10.9 Å². The lowest BCUT2D eigenvalue weighted by molar-refractivity contribution is 0.835. The van der Waals surface area contributed by atoms with E-state index in [9.17, 15) is 4.79 Å². The molecule has 0 bridgehead atoms. The quantitative estimate of drug-likeness (QED) is 0.559. The Morgan fingerprint density at radius 3 is 2.83 bits per heavy atom. The lowest BCUT2D eigenvalue weighted by Crippen LogP contribution is -2.17. The fraction of sp³-hybridized carbons (Fsp3) is 0.0625. The smallest absolute Gasteiger partial charge is 0.280 e. The topological polar surface area (TPSA) is 63.0 Å². The molecule has 0 saturated heterocycles. The van der Waals surface area contributed by atoms with Gasteiger partial charge in [0.25, 0.3) is 5.56 Å². The molecule has 0 spiro atoms. The number of aryl methyl sites for hydroxylation is 1. The van der Waals surface area contributed by atoms with Gasteiger partial charge in [0.2, 0.25) is 0 Å². The Hall–Kier alpha value is -1.70. The summed E-state index contributed by atoms with van der Waals surface area (Å²) < 4.78 is 3.01. The lowest BCUT2D eigenvalue weighted by atomic mass is 10.3. The van der Waals surface area contributed by atoms with E-state index >= 15 is 0 Å². The summed E-state index contributed by atoms with van der Waals surface area (Å²) in [6.07, 6.45) is 3.15. The first-order chi connectivity index (χ1) is 11.5. The number of hydrogen-bond donors (Lipinski definition) is 1. The summed E-state index contributed by atoms with van der Waals surface area (Å²) >= 11 is 12.7. The lowest BCUT2D eigenvalue weighted by Gasteiger charge is -2.01. The van der Waals surface area contributed by atoms with Gasteiger partial charge in [-0.05, 0) is 63.0 Å². The number of pyridine rings is 1. The number of aromatic nitrogens is 3. The van der Waals surface area contributed by atoms with Crippen LogP contribution in [-0.4, -0.2) is 21.0 Å². The van der Waals surface area contributed by atoms with Crippen molar-refractivity contribution in [3.63, 3.8) is 0 Å². The third-order valence-electron chi connectivity index (χ3n) is 3.29. The second kappa shape index (κ2) is 7.04. The van der Waals surface area contributed by atoms with Gasteiger partial charge < -0.3 is 0 Å². The maximum absolute atomic E-state index is 12.6. The highest BCUT2D eigenvalue weighted by molar-refractivity contribution is 9.11. The summed E-state index contributed by atoms with van der Waals surface area (Å²) in [7, 11) is 0. The Kier molecular flexibility index (Phi) is 5.03. The van der Waals surface area contributed by atoms with Gasteiger partial charge >= 0.3 is 0 Å². The van der Waals surface area contributed by atoms with Gasteiger partial charge in [0.05, 0.1) is 15.7 Å². The summed E-state index contributed by atoms with van der Waals surface area (Å²) in [6, 6.07) is 8.90. The van der Waals surface area contributed by atoms with Gasteiger partial charge in [-0.1, -0.05) is 17.7 Å². The van der Waals surface area contributed by atoms with E-state index < -0.39 is 0 Å². The molecule has 3 aromatic rings. The van der Waals surface area contributed by atoms with E-state index in [4.69, 9.17) is 11.6 Å². The largest absolute Gasteiger partial charge is 0.295 e. The van der Waals surface area contributed by atoms with Crippen LogP contribution in [0.1, 0.15) is 11.3 Å². The van der Waals surface area contributed by atoms with Crippen LogP contribution in [0.5, 0.6) is 0 Å².